The highest BCUT2D eigenvalue weighted by molar-refractivity contribution is 5.98. The summed E-state index contributed by atoms with van der Waals surface area (Å²) in [5.74, 6) is 0. The van der Waals surface area contributed by atoms with Gasteiger partial charge in [0.1, 0.15) is 0 Å². The topological polar surface area (TPSA) is 46.0 Å². The predicted octanol–water partition coefficient (Wildman–Crippen LogP) is 3.90. The molecule has 0 saturated heterocycles. The Morgan fingerprint density at radius 1 is 1.05 bits per heavy atom. The lowest BCUT2D eigenvalue weighted by molar-refractivity contribution is -0.140. The summed E-state index contributed by atoms with van der Waals surface area (Å²) in [4.78, 5) is 6.82. The number of rotatable bonds is 1. The average molecular weight is 302 g/mol. The van der Waals surface area contributed by atoms with Crippen molar-refractivity contribution in [3.8, 4) is 11.1 Å². The van der Waals surface area contributed by atoms with Gasteiger partial charge in [-0.25, -0.2) is 9.50 Å². The van der Waals surface area contributed by atoms with Crippen molar-refractivity contribution in [2.45, 2.75) is 6.18 Å². The van der Waals surface area contributed by atoms with E-state index >= 15 is 0 Å². The Labute approximate surface area is 122 Å². The number of benzene rings is 1. The highest BCUT2D eigenvalue weighted by Gasteiger charge is 2.34. The van der Waals surface area contributed by atoms with E-state index in [2.05, 4.69) is 15.1 Å². The van der Waals surface area contributed by atoms with E-state index in [0.29, 0.717) is 5.56 Å². The fourth-order valence-corrected chi connectivity index (χ4v) is 2.54. The van der Waals surface area contributed by atoms with Gasteiger partial charge in [0, 0.05) is 34.4 Å². The zero-order valence-electron chi connectivity index (χ0n) is 11.1. The first-order valence-corrected chi connectivity index (χ1v) is 6.52. The molecule has 1 N–H and O–H groups in total. The second-order valence-electron chi connectivity index (χ2n) is 4.88. The van der Waals surface area contributed by atoms with Crippen molar-refractivity contribution in [1.29, 1.82) is 0 Å². The second kappa shape index (κ2) is 4.33. The van der Waals surface area contributed by atoms with E-state index in [-0.39, 0.29) is 5.65 Å². The van der Waals surface area contributed by atoms with E-state index in [4.69, 9.17) is 0 Å². The number of hydrogen-bond donors (Lipinski definition) is 1. The molecule has 7 heteroatoms. The lowest BCUT2D eigenvalue weighted by Gasteiger charge is -2.01. The maximum absolute atomic E-state index is 12.8. The Morgan fingerprint density at radius 3 is 2.68 bits per heavy atom. The largest absolute Gasteiger partial charge is 0.434 e. The Hall–Kier alpha value is -2.83. The summed E-state index contributed by atoms with van der Waals surface area (Å²) in [6.45, 7) is 0. The number of nitrogens with zero attached hydrogens (tertiary/aromatic N) is 3. The van der Waals surface area contributed by atoms with Gasteiger partial charge in [-0.3, -0.25) is 0 Å². The van der Waals surface area contributed by atoms with Crippen LogP contribution in [0, 0.1) is 0 Å². The van der Waals surface area contributed by atoms with Gasteiger partial charge in [0.2, 0.25) is 0 Å². The van der Waals surface area contributed by atoms with Crippen LogP contribution in [0.1, 0.15) is 5.69 Å². The molecule has 0 fully saturated rings. The van der Waals surface area contributed by atoms with Crippen LogP contribution >= 0.6 is 0 Å². The molecule has 0 spiro atoms. The summed E-state index contributed by atoms with van der Waals surface area (Å²) in [7, 11) is 0. The maximum atomic E-state index is 12.8. The van der Waals surface area contributed by atoms with Crippen LogP contribution in [-0.4, -0.2) is 19.6 Å². The summed E-state index contributed by atoms with van der Waals surface area (Å²) in [5.41, 5.74) is 1.53. The summed E-state index contributed by atoms with van der Waals surface area (Å²) < 4.78 is 39.7. The lowest BCUT2D eigenvalue weighted by Crippen LogP contribution is -2.04. The molecule has 0 saturated carbocycles. The van der Waals surface area contributed by atoms with Crippen LogP contribution in [0.25, 0.3) is 27.7 Å². The van der Waals surface area contributed by atoms with Crippen molar-refractivity contribution in [3.05, 3.63) is 54.6 Å². The predicted molar refractivity (Wildman–Crippen MR) is 75.3 cm³/mol. The highest BCUT2D eigenvalue weighted by Crippen LogP contribution is 2.33. The van der Waals surface area contributed by atoms with Crippen molar-refractivity contribution in [3.63, 3.8) is 0 Å². The lowest BCUT2D eigenvalue weighted by atomic mass is 10.1. The molecular formula is C15H9F3N4. The van der Waals surface area contributed by atoms with Gasteiger partial charge in [0.15, 0.2) is 11.3 Å². The number of halogens is 3. The first-order chi connectivity index (χ1) is 10.5. The minimum Gasteiger partial charge on any atom is -0.361 e. The van der Waals surface area contributed by atoms with Crippen LogP contribution in [0.4, 0.5) is 13.2 Å². The van der Waals surface area contributed by atoms with E-state index in [1.807, 2.05) is 24.3 Å². The Bertz CT molecular complexity index is 981. The maximum Gasteiger partial charge on any atom is 0.434 e. The first-order valence-electron chi connectivity index (χ1n) is 6.52. The number of aromatic amines is 1. The van der Waals surface area contributed by atoms with Crippen molar-refractivity contribution in [2.24, 2.45) is 0 Å². The number of para-hydroxylation sites is 1. The van der Waals surface area contributed by atoms with Gasteiger partial charge in [-0.2, -0.15) is 18.3 Å². The molecule has 110 valence electrons. The third-order valence-electron chi connectivity index (χ3n) is 3.53. The van der Waals surface area contributed by atoms with Gasteiger partial charge >= 0.3 is 6.18 Å². The Kier molecular flexibility index (Phi) is 2.53. The van der Waals surface area contributed by atoms with Crippen LogP contribution in [0.15, 0.2) is 48.9 Å². The average Bonchev–Trinajstić information content (AvgIpc) is 3.10. The van der Waals surface area contributed by atoms with Gasteiger partial charge in [-0.1, -0.05) is 18.2 Å². The van der Waals surface area contributed by atoms with Crippen molar-refractivity contribution in [1.82, 2.24) is 19.6 Å². The van der Waals surface area contributed by atoms with E-state index in [1.165, 1.54) is 6.20 Å². The number of aromatic nitrogens is 4. The number of imidazole rings is 1. The van der Waals surface area contributed by atoms with Gasteiger partial charge in [0.25, 0.3) is 0 Å². The van der Waals surface area contributed by atoms with Crippen molar-refractivity contribution < 1.29 is 13.2 Å². The van der Waals surface area contributed by atoms with Gasteiger partial charge in [0.05, 0.1) is 6.20 Å². The molecule has 0 amide bonds. The van der Waals surface area contributed by atoms with Crippen LogP contribution in [0.5, 0.6) is 0 Å². The molecule has 4 nitrogen and oxygen atoms in total. The molecule has 0 atom stereocenters. The fourth-order valence-electron chi connectivity index (χ4n) is 2.54. The normalized spacial score (nSPS) is 12.3. The molecule has 0 aliphatic rings. The number of nitrogens with one attached hydrogen (secondary N) is 1. The molecule has 0 aliphatic heterocycles. The van der Waals surface area contributed by atoms with E-state index < -0.39 is 11.9 Å². The summed E-state index contributed by atoms with van der Waals surface area (Å²) >= 11 is 0. The quantitative estimate of drug-likeness (QED) is 0.579. The molecule has 4 aromatic rings. The molecule has 0 radical (unpaired) electrons. The Morgan fingerprint density at radius 2 is 1.86 bits per heavy atom. The van der Waals surface area contributed by atoms with Crippen LogP contribution in [0.2, 0.25) is 0 Å². The zero-order valence-corrected chi connectivity index (χ0v) is 11.1. The third kappa shape index (κ3) is 1.86. The molecule has 0 bridgehead atoms. The number of alkyl halides is 3. The SMILES string of the molecule is FC(F)(F)c1cn2nccc(-c3c[nH]c4ccccc34)c2n1. The standard InChI is InChI=1S/C15H9F3N4/c16-15(17,18)13-8-22-14(21-13)10(5-6-20-22)11-7-19-12-4-2-1-3-9(11)12/h1-8,19H. The summed E-state index contributed by atoms with van der Waals surface area (Å²) in [6, 6.07) is 9.25. The van der Waals surface area contributed by atoms with Crippen molar-refractivity contribution in [2.75, 3.05) is 0 Å². The molecule has 0 unspecified atom stereocenters. The summed E-state index contributed by atoms with van der Waals surface area (Å²) in [6.07, 6.45) is -0.368. The molecule has 3 aromatic heterocycles. The first kappa shape index (κ1) is 12.9. The summed E-state index contributed by atoms with van der Waals surface area (Å²) in [5, 5.41) is 4.83. The van der Waals surface area contributed by atoms with Crippen LogP contribution < -0.4 is 0 Å². The molecular weight excluding hydrogens is 293 g/mol. The molecule has 0 aliphatic carbocycles. The van der Waals surface area contributed by atoms with Gasteiger partial charge < -0.3 is 4.98 Å². The molecule has 4 rings (SSSR count). The highest BCUT2D eigenvalue weighted by atomic mass is 19.4. The second-order valence-corrected chi connectivity index (χ2v) is 4.88. The molecule has 3 heterocycles. The number of fused-ring (bicyclic) bond motifs is 2. The van der Waals surface area contributed by atoms with E-state index in [0.717, 1.165) is 27.2 Å². The minimum absolute atomic E-state index is 0.180. The number of H-pyrrole nitrogens is 1. The van der Waals surface area contributed by atoms with E-state index in [9.17, 15) is 13.2 Å². The smallest absolute Gasteiger partial charge is 0.361 e. The van der Waals surface area contributed by atoms with Gasteiger partial charge in [-0.15, -0.1) is 0 Å². The van der Waals surface area contributed by atoms with Crippen molar-refractivity contribution >= 4 is 16.6 Å². The van der Waals surface area contributed by atoms with Crippen LogP contribution in [0.3, 0.4) is 0 Å². The fraction of sp³-hybridized carbons (Fsp3) is 0.0667. The van der Waals surface area contributed by atoms with Crippen LogP contribution in [-0.2, 0) is 6.18 Å². The minimum atomic E-state index is -4.49. The van der Waals surface area contributed by atoms with Gasteiger partial charge in [-0.05, 0) is 12.1 Å². The number of hydrogen-bond acceptors (Lipinski definition) is 2. The van der Waals surface area contributed by atoms with E-state index in [1.54, 1.807) is 12.3 Å². The molecule has 1 aromatic carbocycles. The zero-order chi connectivity index (χ0) is 15.3. The monoisotopic (exact) mass is 302 g/mol. The molecule has 22 heavy (non-hydrogen) atoms. The third-order valence-corrected chi connectivity index (χ3v) is 3.53. The Balaban J connectivity index is 2.01.